The van der Waals surface area contributed by atoms with E-state index in [4.69, 9.17) is 11.6 Å². The third-order valence-corrected chi connectivity index (χ3v) is 5.32. The van der Waals surface area contributed by atoms with E-state index in [1.54, 1.807) is 12.1 Å². The highest BCUT2D eigenvalue weighted by atomic mass is 79.9. The number of ketones is 1. The van der Waals surface area contributed by atoms with Crippen LogP contribution in [0.3, 0.4) is 0 Å². The van der Waals surface area contributed by atoms with Crippen LogP contribution >= 0.6 is 27.5 Å². The standard InChI is InChI=1S/C25H14BrClO/c26-23-16-19-8-4-5-9-21(19)24(25(28)18-6-2-1-3-7-18)22(23)15-12-17-10-13-20(27)14-11-17/h1-11,13-14,16H. The molecule has 0 spiro atoms. The van der Waals surface area contributed by atoms with Crippen LogP contribution in [-0.4, -0.2) is 5.78 Å². The molecule has 0 amide bonds. The van der Waals surface area contributed by atoms with E-state index < -0.39 is 0 Å². The molecule has 0 aliphatic rings. The van der Waals surface area contributed by atoms with Gasteiger partial charge in [-0.25, -0.2) is 0 Å². The predicted octanol–water partition coefficient (Wildman–Crippen LogP) is 6.89. The molecular weight excluding hydrogens is 432 g/mol. The van der Waals surface area contributed by atoms with Crippen molar-refractivity contribution in [3.8, 4) is 11.8 Å². The number of halogens is 2. The molecule has 0 heterocycles. The molecule has 134 valence electrons. The lowest BCUT2D eigenvalue weighted by Gasteiger charge is -2.11. The molecule has 0 N–H and O–H groups in total. The van der Waals surface area contributed by atoms with Crippen LogP contribution in [0.4, 0.5) is 0 Å². The van der Waals surface area contributed by atoms with Crippen molar-refractivity contribution >= 4 is 44.1 Å². The first-order chi connectivity index (χ1) is 13.6. The number of hydrogen-bond donors (Lipinski definition) is 0. The Morgan fingerprint density at radius 3 is 2.25 bits per heavy atom. The number of fused-ring (bicyclic) bond motifs is 1. The highest BCUT2D eigenvalue weighted by Gasteiger charge is 2.19. The first kappa shape index (κ1) is 18.5. The molecule has 0 saturated heterocycles. The van der Waals surface area contributed by atoms with Crippen LogP contribution in [-0.2, 0) is 0 Å². The molecule has 0 aromatic heterocycles. The Balaban J connectivity index is 1.94. The fraction of sp³-hybridized carbons (Fsp3) is 0. The van der Waals surface area contributed by atoms with Crippen molar-refractivity contribution in [2.24, 2.45) is 0 Å². The maximum Gasteiger partial charge on any atom is 0.194 e. The van der Waals surface area contributed by atoms with Gasteiger partial charge in [0.25, 0.3) is 0 Å². The van der Waals surface area contributed by atoms with E-state index in [1.165, 1.54) is 0 Å². The number of benzene rings is 4. The summed E-state index contributed by atoms with van der Waals surface area (Å²) in [6.07, 6.45) is 0. The van der Waals surface area contributed by atoms with E-state index in [9.17, 15) is 4.79 Å². The minimum atomic E-state index is -0.0430. The summed E-state index contributed by atoms with van der Waals surface area (Å²) in [5, 5.41) is 2.54. The van der Waals surface area contributed by atoms with Gasteiger partial charge >= 0.3 is 0 Å². The molecule has 3 heteroatoms. The topological polar surface area (TPSA) is 17.1 Å². The summed E-state index contributed by atoms with van der Waals surface area (Å²) in [6.45, 7) is 0. The number of carbonyl (C=O) groups is 1. The third kappa shape index (κ3) is 3.73. The van der Waals surface area contributed by atoms with Gasteiger partial charge in [0, 0.05) is 26.2 Å². The van der Waals surface area contributed by atoms with E-state index >= 15 is 0 Å². The van der Waals surface area contributed by atoms with E-state index in [1.807, 2.05) is 72.8 Å². The average Bonchev–Trinajstić information content (AvgIpc) is 2.73. The minimum absolute atomic E-state index is 0.0430. The lowest BCUT2D eigenvalue weighted by Crippen LogP contribution is -2.06. The molecular formula is C25H14BrClO. The van der Waals surface area contributed by atoms with Gasteiger partial charge in [-0.05, 0) is 57.0 Å². The van der Waals surface area contributed by atoms with Crippen LogP contribution in [0.2, 0.25) is 5.02 Å². The molecule has 4 aromatic carbocycles. The smallest absolute Gasteiger partial charge is 0.194 e. The van der Waals surface area contributed by atoms with Crippen molar-refractivity contribution in [2.45, 2.75) is 0 Å². The lowest BCUT2D eigenvalue weighted by atomic mass is 9.92. The van der Waals surface area contributed by atoms with Crippen molar-refractivity contribution in [1.82, 2.24) is 0 Å². The monoisotopic (exact) mass is 444 g/mol. The second-order valence-electron chi connectivity index (χ2n) is 6.28. The zero-order valence-electron chi connectivity index (χ0n) is 14.7. The summed E-state index contributed by atoms with van der Waals surface area (Å²) in [7, 11) is 0. The van der Waals surface area contributed by atoms with Crippen LogP contribution in [0.5, 0.6) is 0 Å². The van der Waals surface area contributed by atoms with Gasteiger partial charge in [0.2, 0.25) is 0 Å². The summed E-state index contributed by atoms with van der Waals surface area (Å²) >= 11 is 9.57. The second kappa shape index (κ2) is 8.02. The Hall–Kier alpha value is -2.86. The molecule has 0 aliphatic heterocycles. The maximum absolute atomic E-state index is 13.4. The molecule has 0 aliphatic carbocycles. The molecule has 0 fully saturated rings. The van der Waals surface area contributed by atoms with Gasteiger partial charge in [-0.2, -0.15) is 0 Å². The molecule has 0 saturated carbocycles. The van der Waals surface area contributed by atoms with Crippen LogP contribution in [0.1, 0.15) is 27.0 Å². The van der Waals surface area contributed by atoms with Crippen molar-refractivity contribution < 1.29 is 4.79 Å². The molecule has 4 aromatic rings. The number of carbonyl (C=O) groups excluding carboxylic acids is 1. The number of rotatable bonds is 2. The summed E-state index contributed by atoms with van der Waals surface area (Å²) in [6, 6.07) is 26.5. The highest BCUT2D eigenvalue weighted by Crippen LogP contribution is 2.31. The first-order valence-corrected chi connectivity index (χ1v) is 9.89. The van der Waals surface area contributed by atoms with Crippen molar-refractivity contribution in [3.05, 3.63) is 117 Å². The molecule has 0 radical (unpaired) electrons. The normalized spacial score (nSPS) is 10.4. The molecule has 0 unspecified atom stereocenters. The first-order valence-electron chi connectivity index (χ1n) is 8.72. The Labute approximate surface area is 177 Å². The van der Waals surface area contributed by atoms with Gasteiger partial charge in [0.1, 0.15) is 0 Å². The Bertz CT molecular complexity index is 1230. The van der Waals surface area contributed by atoms with Gasteiger partial charge < -0.3 is 0 Å². The van der Waals surface area contributed by atoms with Crippen LogP contribution in [0.25, 0.3) is 10.8 Å². The SMILES string of the molecule is O=C(c1ccccc1)c1c(C#Cc2ccc(Cl)cc2)c(Br)cc2ccccc12. The van der Waals surface area contributed by atoms with Gasteiger partial charge in [-0.15, -0.1) is 0 Å². The molecule has 28 heavy (non-hydrogen) atoms. The van der Waals surface area contributed by atoms with Crippen LogP contribution < -0.4 is 0 Å². The Morgan fingerprint density at radius 2 is 1.50 bits per heavy atom. The van der Waals surface area contributed by atoms with E-state index in [0.29, 0.717) is 21.7 Å². The molecule has 0 atom stereocenters. The molecule has 1 nitrogen and oxygen atoms in total. The second-order valence-corrected chi connectivity index (χ2v) is 7.57. The largest absolute Gasteiger partial charge is 0.289 e. The fourth-order valence-electron chi connectivity index (χ4n) is 3.07. The Kier molecular flexibility index (Phi) is 5.30. The Morgan fingerprint density at radius 1 is 0.821 bits per heavy atom. The number of hydrogen-bond acceptors (Lipinski definition) is 1. The van der Waals surface area contributed by atoms with Gasteiger partial charge in [-0.1, -0.05) is 78.0 Å². The van der Waals surface area contributed by atoms with Crippen LogP contribution in [0.15, 0.2) is 89.4 Å². The van der Waals surface area contributed by atoms with E-state index in [0.717, 1.165) is 20.8 Å². The lowest BCUT2D eigenvalue weighted by molar-refractivity contribution is 0.104. The van der Waals surface area contributed by atoms with Crippen molar-refractivity contribution in [2.75, 3.05) is 0 Å². The summed E-state index contributed by atoms with van der Waals surface area (Å²) in [5.41, 5.74) is 2.77. The van der Waals surface area contributed by atoms with Gasteiger partial charge in [0.15, 0.2) is 5.78 Å². The predicted molar refractivity (Wildman–Crippen MR) is 119 cm³/mol. The van der Waals surface area contributed by atoms with Gasteiger partial charge in [-0.3, -0.25) is 4.79 Å². The van der Waals surface area contributed by atoms with E-state index in [-0.39, 0.29) is 5.78 Å². The fourth-order valence-corrected chi connectivity index (χ4v) is 3.74. The summed E-state index contributed by atoms with van der Waals surface area (Å²) in [5.74, 6) is 6.31. The quantitative estimate of drug-likeness (QED) is 0.243. The third-order valence-electron chi connectivity index (χ3n) is 4.44. The van der Waals surface area contributed by atoms with E-state index in [2.05, 4.69) is 27.8 Å². The van der Waals surface area contributed by atoms with Crippen molar-refractivity contribution in [1.29, 1.82) is 0 Å². The van der Waals surface area contributed by atoms with Crippen LogP contribution in [0, 0.1) is 11.8 Å². The zero-order chi connectivity index (χ0) is 19.5. The molecule has 4 rings (SSSR count). The summed E-state index contributed by atoms with van der Waals surface area (Å²) in [4.78, 5) is 13.4. The van der Waals surface area contributed by atoms with Gasteiger partial charge in [0.05, 0.1) is 5.56 Å². The summed E-state index contributed by atoms with van der Waals surface area (Å²) < 4.78 is 0.798. The zero-order valence-corrected chi connectivity index (χ0v) is 17.1. The van der Waals surface area contributed by atoms with Crippen molar-refractivity contribution in [3.63, 3.8) is 0 Å². The maximum atomic E-state index is 13.4. The minimum Gasteiger partial charge on any atom is -0.289 e. The average molecular weight is 446 g/mol. The molecule has 0 bridgehead atoms. The highest BCUT2D eigenvalue weighted by molar-refractivity contribution is 9.10.